The van der Waals surface area contributed by atoms with Gasteiger partial charge in [0.25, 0.3) is 10.0 Å². The van der Waals surface area contributed by atoms with Crippen molar-refractivity contribution in [2.75, 3.05) is 4.72 Å². The van der Waals surface area contributed by atoms with Crippen LogP contribution in [0.25, 0.3) is 11.1 Å². The average Bonchev–Trinajstić information content (AvgIpc) is 2.59. The van der Waals surface area contributed by atoms with Crippen LogP contribution in [-0.4, -0.2) is 8.42 Å². The van der Waals surface area contributed by atoms with Gasteiger partial charge in [0.15, 0.2) is 0 Å². The third kappa shape index (κ3) is 3.66. The van der Waals surface area contributed by atoms with Crippen molar-refractivity contribution in [2.45, 2.75) is 4.90 Å². The van der Waals surface area contributed by atoms with E-state index in [0.29, 0.717) is 0 Å². The van der Waals surface area contributed by atoms with E-state index >= 15 is 0 Å². The van der Waals surface area contributed by atoms with E-state index in [1.807, 2.05) is 30.3 Å². The minimum absolute atomic E-state index is 0.116. The van der Waals surface area contributed by atoms with Crippen LogP contribution in [0.2, 0.25) is 0 Å². The van der Waals surface area contributed by atoms with Crippen molar-refractivity contribution in [1.82, 2.24) is 0 Å². The molecule has 6 heteroatoms. The zero-order valence-electron chi connectivity index (χ0n) is 12.4. The summed E-state index contributed by atoms with van der Waals surface area (Å²) < 4.78 is 41.0. The summed E-state index contributed by atoms with van der Waals surface area (Å²) in [5, 5.41) is 0. The number of rotatable bonds is 4. The first kappa shape index (κ1) is 16.7. The summed E-state index contributed by atoms with van der Waals surface area (Å²) >= 11 is 3.03. The molecule has 122 valence electrons. The third-order valence-corrected chi connectivity index (χ3v) is 5.48. The van der Waals surface area contributed by atoms with Crippen molar-refractivity contribution < 1.29 is 12.8 Å². The quantitative estimate of drug-likeness (QED) is 0.659. The molecule has 0 aliphatic rings. The molecule has 0 bridgehead atoms. The second-order valence-corrected chi connectivity index (χ2v) is 7.66. The highest BCUT2D eigenvalue weighted by Crippen LogP contribution is 2.24. The van der Waals surface area contributed by atoms with E-state index in [2.05, 4.69) is 20.7 Å². The third-order valence-electron chi connectivity index (χ3n) is 3.44. The van der Waals surface area contributed by atoms with Crippen LogP contribution in [0.15, 0.2) is 82.2 Å². The van der Waals surface area contributed by atoms with Gasteiger partial charge >= 0.3 is 0 Å². The van der Waals surface area contributed by atoms with E-state index in [-0.39, 0.29) is 15.1 Å². The largest absolute Gasteiger partial charge is 0.280 e. The summed E-state index contributed by atoms with van der Waals surface area (Å²) in [6.45, 7) is 0. The van der Waals surface area contributed by atoms with E-state index < -0.39 is 15.8 Å². The van der Waals surface area contributed by atoms with Crippen LogP contribution < -0.4 is 4.72 Å². The second kappa shape index (κ2) is 6.75. The first-order valence-electron chi connectivity index (χ1n) is 7.09. The smallest absolute Gasteiger partial charge is 0.261 e. The molecule has 3 nitrogen and oxygen atoms in total. The number of sulfonamides is 1. The first-order valence-corrected chi connectivity index (χ1v) is 9.37. The zero-order valence-corrected chi connectivity index (χ0v) is 14.8. The number of nitrogens with one attached hydrogen (secondary N) is 1. The Bertz CT molecular complexity index is 958. The average molecular weight is 406 g/mol. The minimum atomic E-state index is -3.77. The lowest BCUT2D eigenvalue weighted by atomic mass is 10.1. The van der Waals surface area contributed by atoms with Gasteiger partial charge in [-0.25, -0.2) is 12.8 Å². The fourth-order valence-corrected chi connectivity index (χ4v) is 3.53. The molecule has 0 heterocycles. The summed E-state index contributed by atoms with van der Waals surface area (Å²) in [6, 6.07) is 20.3. The van der Waals surface area contributed by atoms with Crippen LogP contribution in [0.4, 0.5) is 10.1 Å². The number of benzene rings is 3. The van der Waals surface area contributed by atoms with Crippen LogP contribution in [0.3, 0.4) is 0 Å². The summed E-state index contributed by atoms with van der Waals surface area (Å²) in [5.74, 6) is -0.533. The number of hydrogen-bond donors (Lipinski definition) is 1. The molecule has 0 saturated carbocycles. The standard InChI is InChI=1S/C18H13BrFNO2S/c19-17-11-8-15(12-18(17)20)21-24(22,23)16-9-6-14(7-10-16)13-4-2-1-3-5-13/h1-12,21H. The lowest BCUT2D eigenvalue weighted by molar-refractivity contribution is 0.601. The normalized spacial score (nSPS) is 11.2. The highest BCUT2D eigenvalue weighted by Gasteiger charge is 2.15. The Morgan fingerprint density at radius 2 is 1.46 bits per heavy atom. The molecule has 3 rings (SSSR count). The highest BCUT2D eigenvalue weighted by molar-refractivity contribution is 9.10. The predicted molar refractivity (Wildman–Crippen MR) is 96.8 cm³/mol. The molecule has 0 spiro atoms. The fourth-order valence-electron chi connectivity index (χ4n) is 2.23. The van der Waals surface area contributed by atoms with Crippen molar-refractivity contribution in [3.05, 3.63) is 83.1 Å². The summed E-state index contributed by atoms with van der Waals surface area (Å²) in [6.07, 6.45) is 0. The molecule has 3 aromatic rings. The van der Waals surface area contributed by atoms with E-state index in [9.17, 15) is 12.8 Å². The maximum atomic E-state index is 13.5. The van der Waals surface area contributed by atoms with Crippen molar-refractivity contribution in [2.24, 2.45) is 0 Å². The Morgan fingerprint density at radius 3 is 2.08 bits per heavy atom. The Hall–Kier alpha value is -2.18. The van der Waals surface area contributed by atoms with E-state index in [0.717, 1.165) is 17.2 Å². The van der Waals surface area contributed by atoms with Crippen LogP contribution in [0.5, 0.6) is 0 Å². The van der Waals surface area contributed by atoms with Gasteiger partial charge in [-0.15, -0.1) is 0 Å². The van der Waals surface area contributed by atoms with Crippen LogP contribution in [0, 0.1) is 5.82 Å². The molecule has 0 amide bonds. The molecule has 0 aromatic heterocycles. The topological polar surface area (TPSA) is 46.2 Å². The van der Waals surface area contributed by atoms with Crippen LogP contribution in [-0.2, 0) is 10.0 Å². The number of anilines is 1. The Balaban J connectivity index is 1.86. The van der Waals surface area contributed by atoms with Crippen LogP contribution in [0.1, 0.15) is 0 Å². The fraction of sp³-hybridized carbons (Fsp3) is 0. The molecule has 3 aromatic carbocycles. The van der Waals surface area contributed by atoms with Gasteiger partial charge in [0.1, 0.15) is 5.82 Å². The van der Waals surface area contributed by atoms with E-state index in [4.69, 9.17) is 0 Å². The van der Waals surface area contributed by atoms with Gasteiger partial charge in [-0.2, -0.15) is 0 Å². The van der Waals surface area contributed by atoms with Crippen molar-refractivity contribution in [3.63, 3.8) is 0 Å². The van der Waals surface area contributed by atoms with E-state index in [1.165, 1.54) is 24.3 Å². The molecule has 0 saturated heterocycles. The van der Waals surface area contributed by atoms with Crippen molar-refractivity contribution >= 4 is 31.6 Å². The Morgan fingerprint density at radius 1 is 0.833 bits per heavy atom. The predicted octanol–water partition coefficient (Wildman–Crippen LogP) is 5.06. The molecule has 0 aliphatic carbocycles. The van der Waals surface area contributed by atoms with Gasteiger partial charge in [0, 0.05) is 0 Å². The Kier molecular flexibility index (Phi) is 4.69. The molecular formula is C18H13BrFNO2S. The highest BCUT2D eigenvalue weighted by atomic mass is 79.9. The molecule has 0 radical (unpaired) electrons. The molecule has 0 fully saturated rings. The maximum Gasteiger partial charge on any atom is 0.261 e. The summed E-state index contributed by atoms with van der Waals surface area (Å²) in [7, 11) is -3.77. The zero-order chi connectivity index (χ0) is 17.2. The van der Waals surface area contributed by atoms with Gasteiger partial charge in [0.2, 0.25) is 0 Å². The second-order valence-electron chi connectivity index (χ2n) is 5.12. The monoisotopic (exact) mass is 405 g/mol. The summed E-state index contributed by atoms with van der Waals surface area (Å²) in [5.41, 5.74) is 2.09. The SMILES string of the molecule is O=S(=O)(Nc1ccc(Br)c(F)c1)c1ccc(-c2ccccc2)cc1. The molecule has 0 unspecified atom stereocenters. The van der Waals surface area contributed by atoms with Gasteiger partial charge in [0.05, 0.1) is 15.1 Å². The summed E-state index contributed by atoms with van der Waals surface area (Å²) in [4.78, 5) is 0.116. The molecular weight excluding hydrogens is 393 g/mol. The van der Waals surface area contributed by atoms with Gasteiger partial charge in [-0.05, 0) is 57.4 Å². The lowest BCUT2D eigenvalue weighted by Gasteiger charge is -2.09. The first-order chi connectivity index (χ1) is 11.5. The van der Waals surface area contributed by atoms with E-state index in [1.54, 1.807) is 12.1 Å². The van der Waals surface area contributed by atoms with Crippen molar-refractivity contribution in [1.29, 1.82) is 0 Å². The molecule has 0 aliphatic heterocycles. The van der Waals surface area contributed by atoms with Gasteiger partial charge < -0.3 is 0 Å². The minimum Gasteiger partial charge on any atom is -0.280 e. The van der Waals surface area contributed by atoms with Crippen LogP contribution >= 0.6 is 15.9 Å². The number of hydrogen-bond acceptors (Lipinski definition) is 2. The van der Waals surface area contributed by atoms with Gasteiger partial charge in [-0.1, -0.05) is 42.5 Å². The molecule has 1 N–H and O–H groups in total. The maximum absolute atomic E-state index is 13.5. The van der Waals surface area contributed by atoms with Crippen molar-refractivity contribution in [3.8, 4) is 11.1 Å². The molecule has 0 atom stereocenters. The Labute approximate surface area is 148 Å². The van der Waals surface area contributed by atoms with Gasteiger partial charge in [-0.3, -0.25) is 4.72 Å². The lowest BCUT2D eigenvalue weighted by Crippen LogP contribution is -2.13. The molecule has 24 heavy (non-hydrogen) atoms. The number of halogens is 2.